The van der Waals surface area contributed by atoms with Crippen LogP contribution in [0.2, 0.25) is 0 Å². The molecule has 2 aliphatic rings. The Balaban J connectivity index is 1.92. The number of nitrogens with one attached hydrogen (secondary N) is 1. The lowest BCUT2D eigenvalue weighted by Crippen LogP contribution is -2.57. The van der Waals surface area contributed by atoms with E-state index in [1.807, 2.05) is 0 Å². The summed E-state index contributed by atoms with van der Waals surface area (Å²) in [4.78, 5) is 52.3. The highest BCUT2D eigenvalue weighted by molar-refractivity contribution is 6.24. The lowest BCUT2D eigenvalue weighted by molar-refractivity contribution is -0.154. The number of carbonyl (C=O) groups is 4. The van der Waals surface area contributed by atoms with Gasteiger partial charge in [0.15, 0.2) is 0 Å². The SMILES string of the molecule is COc1ccccc1C1NC(CC(=O)O)(C(=O)O)C2C(=O)N(c3ccccc3C)C(=O)C12. The molecule has 2 heterocycles. The van der Waals surface area contributed by atoms with Gasteiger partial charge in [0.1, 0.15) is 11.3 Å². The number of aryl methyl sites for hydroxylation is 1. The van der Waals surface area contributed by atoms with Gasteiger partial charge in [0.2, 0.25) is 11.8 Å². The molecule has 0 radical (unpaired) electrons. The Morgan fingerprint density at radius 1 is 1.06 bits per heavy atom. The minimum Gasteiger partial charge on any atom is -0.496 e. The first kappa shape index (κ1) is 21.5. The number of carboxylic acids is 2. The van der Waals surface area contributed by atoms with Gasteiger partial charge in [0.25, 0.3) is 0 Å². The molecular formula is C23H22N2O7. The van der Waals surface area contributed by atoms with Gasteiger partial charge in [-0.05, 0) is 24.6 Å². The zero-order chi connectivity index (χ0) is 23.2. The zero-order valence-electron chi connectivity index (χ0n) is 17.4. The molecule has 4 atom stereocenters. The number of nitrogens with zero attached hydrogens (tertiary/aromatic N) is 1. The molecule has 4 unspecified atom stereocenters. The van der Waals surface area contributed by atoms with Crippen LogP contribution in [0.15, 0.2) is 48.5 Å². The third-order valence-electron chi connectivity index (χ3n) is 6.30. The van der Waals surface area contributed by atoms with E-state index in [0.717, 1.165) is 4.90 Å². The number of imide groups is 1. The van der Waals surface area contributed by atoms with Crippen LogP contribution in [0.25, 0.3) is 0 Å². The van der Waals surface area contributed by atoms with Crippen molar-refractivity contribution in [3.8, 4) is 5.75 Å². The van der Waals surface area contributed by atoms with Gasteiger partial charge in [0.05, 0.1) is 31.1 Å². The molecule has 0 bridgehead atoms. The van der Waals surface area contributed by atoms with Crippen LogP contribution in [0, 0.1) is 18.8 Å². The second-order valence-electron chi connectivity index (χ2n) is 8.01. The molecule has 2 fully saturated rings. The van der Waals surface area contributed by atoms with Gasteiger partial charge < -0.3 is 14.9 Å². The van der Waals surface area contributed by atoms with Gasteiger partial charge in [0, 0.05) is 11.6 Å². The molecule has 2 aromatic rings. The minimum atomic E-state index is -2.16. The Kier molecular flexibility index (Phi) is 5.21. The maximum absolute atomic E-state index is 13.6. The number of para-hydroxylation sites is 2. The molecule has 3 N–H and O–H groups in total. The molecule has 2 saturated heterocycles. The van der Waals surface area contributed by atoms with E-state index in [2.05, 4.69) is 5.32 Å². The van der Waals surface area contributed by atoms with E-state index in [1.165, 1.54) is 7.11 Å². The Bertz CT molecular complexity index is 1130. The Hall–Kier alpha value is -3.72. The van der Waals surface area contributed by atoms with E-state index in [1.54, 1.807) is 55.5 Å². The summed E-state index contributed by atoms with van der Waals surface area (Å²) in [7, 11) is 1.44. The van der Waals surface area contributed by atoms with Gasteiger partial charge in [-0.3, -0.25) is 24.5 Å². The van der Waals surface area contributed by atoms with Gasteiger partial charge >= 0.3 is 11.9 Å². The van der Waals surface area contributed by atoms with Crippen molar-refractivity contribution in [2.45, 2.75) is 24.9 Å². The maximum Gasteiger partial charge on any atom is 0.325 e. The van der Waals surface area contributed by atoms with Crippen LogP contribution in [-0.4, -0.2) is 46.6 Å². The van der Waals surface area contributed by atoms with Crippen molar-refractivity contribution < 1.29 is 34.1 Å². The van der Waals surface area contributed by atoms with Crippen molar-refractivity contribution in [2.24, 2.45) is 11.8 Å². The van der Waals surface area contributed by atoms with Gasteiger partial charge in [-0.1, -0.05) is 36.4 Å². The number of ether oxygens (including phenoxy) is 1. The quantitative estimate of drug-likeness (QED) is 0.581. The fraction of sp³-hybridized carbons (Fsp3) is 0.304. The zero-order valence-corrected chi connectivity index (χ0v) is 17.4. The molecule has 9 heteroatoms. The minimum absolute atomic E-state index is 0.352. The summed E-state index contributed by atoms with van der Waals surface area (Å²) < 4.78 is 5.40. The smallest absolute Gasteiger partial charge is 0.325 e. The predicted octanol–water partition coefficient (Wildman–Crippen LogP) is 1.75. The summed E-state index contributed by atoms with van der Waals surface area (Å²) >= 11 is 0. The van der Waals surface area contributed by atoms with Crippen molar-refractivity contribution in [2.75, 3.05) is 12.0 Å². The number of anilines is 1. The topological polar surface area (TPSA) is 133 Å². The second-order valence-corrected chi connectivity index (χ2v) is 8.01. The summed E-state index contributed by atoms with van der Waals surface area (Å²) in [6, 6.07) is 12.6. The standard InChI is InChI=1S/C23H22N2O7/c1-12-7-3-5-9-14(12)25-20(28)17-18(21(25)29)23(22(30)31,11-16(26)27)24-19(17)13-8-4-6-10-15(13)32-2/h3-10,17-19,24H,11H2,1-2H3,(H,26,27)(H,30,31). The first-order chi connectivity index (χ1) is 15.2. The molecule has 2 amide bonds. The van der Waals surface area contributed by atoms with Crippen LogP contribution < -0.4 is 15.0 Å². The van der Waals surface area contributed by atoms with Crippen LogP contribution in [0.5, 0.6) is 5.75 Å². The van der Waals surface area contributed by atoms with Gasteiger partial charge in [-0.2, -0.15) is 0 Å². The largest absolute Gasteiger partial charge is 0.496 e. The highest BCUT2D eigenvalue weighted by Crippen LogP contribution is 2.52. The third kappa shape index (κ3) is 3.04. The van der Waals surface area contributed by atoms with Crippen LogP contribution in [0.1, 0.15) is 23.6 Å². The Morgan fingerprint density at radius 3 is 2.34 bits per heavy atom. The second kappa shape index (κ2) is 7.76. The molecule has 2 aliphatic heterocycles. The van der Waals surface area contributed by atoms with Crippen LogP contribution in [0.4, 0.5) is 5.69 Å². The summed E-state index contributed by atoms with van der Waals surface area (Å²) in [6.45, 7) is 1.74. The first-order valence-corrected chi connectivity index (χ1v) is 10.0. The average molecular weight is 438 g/mol. The number of rotatable bonds is 6. The van der Waals surface area contributed by atoms with Crippen LogP contribution >= 0.6 is 0 Å². The maximum atomic E-state index is 13.6. The molecular weight excluding hydrogens is 416 g/mol. The fourth-order valence-corrected chi connectivity index (χ4v) is 4.92. The molecule has 0 spiro atoms. The number of amides is 2. The third-order valence-corrected chi connectivity index (χ3v) is 6.30. The number of carboxylic acid groups (broad SMARTS) is 2. The van der Waals surface area contributed by atoms with Crippen molar-refractivity contribution in [3.05, 3.63) is 59.7 Å². The van der Waals surface area contributed by atoms with Gasteiger partial charge in [-0.15, -0.1) is 0 Å². The Labute approximate surface area is 183 Å². The van der Waals surface area contributed by atoms with E-state index in [9.17, 15) is 29.4 Å². The lowest BCUT2D eigenvalue weighted by atomic mass is 9.77. The average Bonchev–Trinajstić information content (AvgIpc) is 3.23. The van der Waals surface area contributed by atoms with E-state index < -0.39 is 53.6 Å². The predicted molar refractivity (Wildman–Crippen MR) is 112 cm³/mol. The van der Waals surface area contributed by atoms with Gasteiger partial charge in [-0.25, -0.2) is 4.90 Å². The molecule has 0 aromatic heterocycles. The summed E-state index contributed by atoms with van der Waals surface area (Å²) in [5.41, 5.74) is -0.668. The number of hydrogen-bond acceptors (Lipinski definition) is 6. The Morgan fingerprint density at radius 2 is 1.72 bits per heavy atom. The van der Waals surface area contributed by atoms with Crippen molar-refractivity contribution in [1.29, 1.82) is 0 Å². The summed E-state index contributed by atoms with van der Waals surface area (Å²) in [5.74, 6) is -6.33. The molecule has 0 saturated carbocycles. The number of methoxy groups -OCH3 is 1. The molecule has 2 aromatic carbocycles. The highest BCUT2D eigenvalue weighted by atomic mass is 16.5. The monoisotopic (exact) mass is 438 g/mol. The van der Waals surface area contributed by atoms with Crippen molar-refractivity contribution >= 4 is 29.4 Å². The first-order valence-electron chi connectivity index (χ1n) is 10.0. The van der Waals surface area contributed by atoms with Crippen LogP contribution in [-0.2, 0) is 19.2 Å². The van der Waals surface area contributed by atoms with Crippen molar-refractivity contribution in [3.63, 3.8) is 0 Å². The van der Waals surface area contributed by atoms with Crippen LogP contribution in [0.3, 0.4) is 0 Å². The van der Waals surface area contributed by atoms with E-state index in [0.29, 0.717) is 22.6 Å². The highest BCUT2D eigenvalue weighted by Gasteiger charge is 2.69. The molecule has 166 valence electrons. The molecule has 4 rings (SSSR count). The number of benzene rings is 2. The number of aliphatic carboxylic acids is 2. The fourth-order valence-electron chi connectivity index (χ4n) is 4.92. The summed E-state index contributed by atoms with van der Waals surface area (Å²) in [5, 5.41) is 22.5. The van der Waals surface area contributed by atoms with E-state index >= 15 is 0 Å². The van der Waals surface area contributed by atoms with E-state index in [-0.39, 0.29) is 0 Å². The normalized spacial score (nSPS) is 26.8. The number of carbonyl (C=O) groups excluding carboxylic acids is 2. The number of hydrogen-bond donors (Lipinski definition) is 3. The molecule has 32 heavy (non-hydrogen) atoms. The summed E-state index contributed by atoms with van der Waals surface area (Å²) in [6.07, 6.45) is -0.865. The number of fused-ring (bicyclic) bond motifs is 1. The van der Waals surface area contributed by atoms with Crippen molar-refractivity contribution in [1.82, 2.24) is 5.32 Å². The lowest BCUT2D eigenvalue weighted by Gasteiger charge is -2.30. The van der Waals surface area contributed by atoms with E-state index in [4.69, 9.17) is 4.74 Å². The molecule has 0 aliphatic carbocycles. The molecule has 9 nitrogen and oxygen atoms in total.